The summed E-state index contributed by atoms with van der Waals surface area (Å²) in [6.07, 6.45) is -0.537. The summed E-state index contributed by atoms with van der Waals surface area (Å²) in [7, 11) is 1.50. The smallest absolute Gasteiger partial charge is 0.330 e. The normalized spacial score (nSPS) is 16.5. The summed E-state index contributed by atoms with van der Waals surface area (Å²) in [5, 5.41) is 16.1. The van der Waals surface area contributed by atoms with Crippen molar-refractivity contribution in [3.63, 3.8) is 0 Å². The molecule has 1 saturated heterocycles. The maximum absolute atomic E-state index is 13.9. The lowest BCUT2D eigenvalue weighted by atomic mass is 9.80. The number of benzene rings is 7. The molecule has 0 spiro atoms. The van der Waals surface area contributed by atoms with Gasteiger partial charge in [0.1, 0.15) is 35.0 Å². The Morgan fingerprint density at radius 3 is 1.94 bits per heavy atom. The largest absolute Gasteiger partial charge is 0.497 e. The van der Waals surface area contributed by atoms with Crippen LogP contribution in [0, 0.1) is 23.2 Å². The second kappa shape index (κ2) is 21.0. The topological polar surface area (TPSA) is 137 Å². The van der Waals surface area contributed by atoms with Crippen LogP contribution in [-0.4, -0.2) is 65.9 Å². The third-order valence-electron chi connectivity index (χ3n) is 12.8. The molecule has 13 heteroatoms. The fourth-order valence-corrected chi connectivity index (χ4v) is 11.3. The zero-order valence-corrected chi connectivity index (χ0v) is 40.9. The van der Waals surface area contributed by atoms with Crippen molar-refractivity contribution in [1.82, 2.24) is 14.2 Å². The van der Waals surface area contributed by atoms with Crippen molar-refractivity contribution in [2.75, 3.05) is 27.4 Å². The molecule has 356 valence electrons. The number of methoxy groups -OCH3 is 2. The fraction of sp³-hybridized carbons (Fsp3) is 0.281. The quantitative estimate of drug-likeness (QED) is 0.0309. The molecule has 8 aromatic rings. The van der Waals surface area contributed by atoms with E-state index in [1.165, 1.54) is 16.2 Å². The number of ether oxygens (including phenoxy) is 4. The van der Waals surface area contributed by atoms with Gasteiger partial charge in [-0.1, -0.05) is 115 Å². The summed E-state index contributed by atoms with van der Waals surface area (Å²) >= 11 is 0. The third-order valence-corrected chi connectivity index (χ3v) is 15.0. The molecule has 9 rings (SSSR count). The average Bonchev–Trinajstić information content (AvgIpc) is 3.77. The standard InChI is InChI=1S/C57H55N4O8P/c1-37(2)61(38(3)4)70(67-33-11-32-58)69-50-34-52(60-35-43(55(62)59-56(60)63)21-17-39-16-18-42-20-19-40-12-10-13-41-22-31-49(39)54(42)53(40)41)68-51(50)36-66-57(44-14-8-7-9-15-44,45-23-27-47(64-5)28-24-45)46-25-29-48(65-6)30-26-46/h7-10,12-16,18-20,22-31,35,37-38,50-52H,11,33-34,36H2,1-6H3,(H,59,62,63)/t50-,51-,52-,70?/m1/s1. The molecular weight excluding hydrogens is 900 g/mol. The van der Waals surface area contributed by atoms with Crippen molar-refractivity contribution in [2.45, 2.75) is 76.7 Å². The Labute approximate surface area is 408 Å². The highest BCUT2D eigenvalue weighted by molar-refractivity contribution is 7.44. The summed E-state index contributed by atoms with van der Waals surface area (Å²) in [5.41, 5.74) is 0.912. The molecule has 0 aliphatic carbocycles. The summed E-state index contributed by atoms with van der Waals surface area (Å²) < 4.78 is 42.4. The number of nitrogens with one attached hydrogen (secondary N) is 1. The van der Waals surface area contributed by atoms with E-state index in [0.717, 1.165) is 49.2 Å². The van der Waals surface area contributed by atoms with Crippen molar-refractivity contribution in [3.8, 4) is 29.4 Å². The van der Waals surface area contributed by atoms with Crippen molar-refractivity contribution >= 4 is 40.8 Å². The molecule has 1 aliphatic rings. The van der Waals surface area contributed by atoms with Gasteiger partial charge in [-0.3, -0.25) is 14.3 Å². The van der Waals surface area contributed by atoms with Gasteiger partial charge in [0.25, 0.3) is 14.1 Å². The number of hydrogen-bond acceptors (Lipinski definition) is 10. The molecule has 7 aromatic carbocycles. The first-order valence-corrected chi connectivity index (χ1v) is 24.6. The van der Waals surface area contributed by atoms with Crippen LogP contribution in [0.3, 0.4) is 0 Å². The molecule has 0 amide bonds. The van der Waals surface area contributed by atoms with Gasteiger partial charge in [-0.2, -0.15) is 5.26 Å². The molecule has 1 aromatic heterocycles. The molecule has 70 heavy (non-hydrogen) atoms. The van der Waals surface area contributed by atoms with Gasteiger partial charge in [-0.05, 0) is 107 Å². The molecular formula is C57H55N4O8P. The number of hydrogen-bond donors (Lipinski definition) is 1. The van der Waals surface area contributed by atoms with E-state index in [-0.39, 0.29) is 43.7 Å². The number of H-pyrrole nitrogens is 1. The van der Waals surface area contributed by atoms with E-state index in [1.54, 1.807) is 14.2 Å². The Balaban J connectivity index is 1.11. The Morgan fingerprint density at radius 2 is 1.33 bits per heavy atom. The predicted molar refractivity (Wildman–Crippen MR) is 274 cm³/mol. The average molecular weight is 955 g/mol. The van der Waals surface area contributed by atoms with Crippen molar-refractivity contribution in [3.05, 3.63) is 188 Å². The molecule has 2 heterocycles. The molecule has 0 radical (unpaired) electrons. The van der Waals surface area contributed by atoms with Crippen LogP contribution in [-0.2, 0) is 24.1 Å². The molecule has 1 N–H and O–H groups in total. The van der Waals surface area contributed by atoms with E-state index >= 15 is 0 Å². The predicted octanol–water partition coefficient (Wildman–Crippen LogP) is 10.8. The summed E-state index contributed by atoms with van der Waals surface area (Å²) in [6.45, 7) is 8.44. The Morgan fingerprint density at radius 1 is 0.743 bits per heavy atom. The van der Waals surface area contributed by atoms with E-state index in [4.69, 9.17) is 28.0 Å². The Hall–Kier alpha value is -6.86. The van der Waals surface area contributed by atoms with E-state index in [2.05, 4.69) is 97.7 Å². The minimum atomic E-state index is -1.75. The van der Waals surface area contributed by atoms with Crippen molar-refractivity contribution < 1.29 is 28.0 Å². The lowest BCUT2D eigenvalue weighted by molar-refractivity contribution is -0.0925. The molecule has 12 nitrogen and oxygen atoms in total. The van der Waals surface area contributed by atoms with E-state index < -0.39 is 43.8 Å². The van der Waals surface area contributed by atoms with Gasteiger partial charge >= 0.3 is 5.69 Å². The molecule has 1 unspecified atom stereocenters. The monoisotopic (exact) mass is 954 g/mol. The maximum Gasteiger partial charge on any atom is 0.330 e. The van der Waals surface area contributed by atoms with Crippen LogP contribution in [0.15, 0.2) is 149 Å². The SMILES string of the molecule is COc1ccc(C(OC[C@H]2O[C@@H](n3cc(C#Cc4ccc5ccc6cccc7ccc4c5c67)c(=O)[nH]c3=O)C[C@H]2OP(OCCC#N)N(C(C)C)C(C)C)(c2ccccc2)c2ccc(OC)cc2)cc1. The molecule has 1 fully saturated rings. The summed E-state index contributed by atoms with van der Waals surface area (Å²) in [4.78, 5) is 30.0. The van der Waals surface area contributed by atoms with Crippen LogP contribution >= 0.6 is 8.53 Å². The fourth-order valence-electron chi connectivity index (χ4n) is 9.59. The van der Waals surface area contributed by atoms with Gasteiger partial charge in [0.05, 0.1) is 46.0 Å². The van der Waals surface area contributed by atoms with Crippen LogP contribution < -0.4 is 20.7 Å². The molecule has 1 aliphatic heterocycles. The van der Waals surface area contributed by atoms with Crippen LogP contribution in [0.25, 0.3) is 32.3 Å². The lowest BCUT2D eigenvalue weighted by Gasteiger charge is -2.39. The highest BCUT2D eigenvalue weighted by atomic mass is 31.2. The minimum absolute atomic E-state index is 0.0156. The number of nitrogens with zero attached hydrogens (tertiary/aromatic N) is 3. The van der Waals surface area contributed by atoms with E-state index in [0.29, 0.717) is 11.5 Å². The maximum atomic E-state index is 13.9. The van der Waals surface area contributed by atoms with Gasteiger partial charge in [0, 0.05) is 30.3 Å². The highest BCUT2D eigenvalue weighted by Gasteiger charge is 2.45. The van der Waals surface area contributed by atoms with Crippen LogP contribution in [0.4, 0.5) is 0 Å². The van der Waals surface area contributed by atoms with Gasteiger partial charge in [-0.25, -0.2) is 9.46 Å². The van der Waals surface area contributed by atoms with Gasteiger partial charge in [0.15, 0.2) is 0 Å². The first-order valence-electron chi connectivity index (χ1n) is 23.5. The second-order valence-electron chi connectivity index (χ2n) is 17.8. The van der Waals surface area contributed by atoms with Crippen molar-refractivity contribution in [2.24, 2.45) is 0 Å². The van der Waals surface area contributed by atoms with Crippen molar-refractivity contribution in [1.29, 1.82) is 5.26 Å². The van der Waals surface area contributed by atoms with Gasteiger partial charge < -0.3 is 28.0 Å². The Bertz CT molecular complexity index is 3250. The lowest BCUT2D eigenvalue weighted by Crippen LogP contribution is -2.39. The van der Waals surface area contributed by atoms with Crippen LogP contribution in [0.5, 0.6) is 11.5 Å². The van der Waals surface area contributed by atoms with E-state index in [1.807, 2.05) is 91.0 Å². The molecule has 0 saturated carbocycles. The number of rotatable bonds is 17. The van der Waals surface area contributed by atoms with Crippen LogP contribution in [0.1, 0.15) is 74.6 Å². The van der Waals surface area contributed by atoms with Gasteiger partial charge in [0.2, 0.25) is 0 Å². The summed E-state index contributed by atoms with van der Waals surface area (Å²) in [5.74, 6) is 7.74. The Kier molecular flexibility index (Phi) is 14.5. The zero-order valence-electron chi connectivity index (χ0n) is 40.0. The summed E-state index contributed by atoms with van der Waals surface area (Å²) in [6, 6.07) is 46.4. The van der Waals surface area contributed by atoms with E-state index in [9.17, 15) is 14.9 Å². The first kappa shape index (κ1) is 48.2. The minimum Gasteiger partial charge on any atom is -0.497 e. The van der Waals surface area contributed by atoms with Gasteiger partial charge in [-0.15, -0.1) is 0 Å². The second-order valence-corrected chi connectivity index (χ2v) is 19.2. The molecule has 4 atom stereocenters. The number of nitriles is 1. The third kappa shape index (κ3) is 9.55. The zero-order chi connectivity index (χ0) is 48.9. The highest BCUT2D eigenvalue weighted by Crippen LogP contribution is 2.51. The van der Waals surface area contributed by atoms with Crippen LogP contribution in [0.2, 0.25) is 0 Å². The first-order chi connectivity index (χ1) is 34.0. The number of aromatic amines is 1. The molecule has 0 bridgehead atoms. The number of aromatic nitrogens is 2.